The van der Waals surface area contributed by atoms with Gasteiger partial charge in [0, 0.05) is 13.2 Å². The van der Waals surface area contributed by atoms with Crippen LogP contribution in [-0.4, -0.2) is 43.5 Å². The van der Waals surface area contributed by atoms with Gasteiger partial charge in [-0.25, -0.2) is 0 Å². The van der Waals surface area contributed by atoms with Crippen molar-refractivity contribution in [2.45, 2.75) is 19.6 Å². The van der Waals surface area contributed by atoms with Crippen LogP contribution in [0.5, 0.6) is 17.2 Å². The molecule has 4 rings (SSSR count). The largest absolute Gasteiger partial charge is 0.495 e. The molecule has 0 bridgehead atoms. The zero-order chi connectivity index (χ0) is 20.2. The summed E-state index contributed by atoms with van der Waals surface area (Å²) in [5.41, 5.74) is 0.900. The molecule has 0 radical (unpaired) electrons. The van der Waals surface area contributed by atoms with E-state index in [0.29, 0.717) is 36.1 Å². The molecule has 8 heteroatoms. The predicted molar refractivity (Wildman–Crippen MR) is 110 cm³/mol. The number of thiazole rings is 1. The Morgan fingerprint density at radius 1 is 1.24 bits per heavy atom. The molecule has 1 aliphatic heterocycles. The summed E-state index contributed by atoms with van der Waals surface area (Å²) in [5.74, 6) is 1.54. The number of carbonyl (C=O) groups excluding carboxylic acids is 1. The van der Waals surface area contributed by atoms with Crippen molar-refractivity contribution in [3.63, 3.8) is 0 Å². The van der Waals surface area contributed by atoms with Crippen molar-refractivity contribution in [3.05, 3.63) is 47.3 Å². The summed E-state index contributed by atoms with van der Waals surface area (Å²) in [6.45, 7) is 3.78. The maximum absolute atomic E-state index is 12.8. The molecule has 1 aliphatic rings. The van der Waals surface area contributed by atoms with Crippen LogP contribution in [0.2, 0.25) is 0 Å². The van der Waals surface area contributed by atoms with Gasteiger partial charge in [0.25, 0.3) is 5.91 Å². The summed E-state index contributed by atoms with van der Waals surface area (Å²) in [7, 11) is 1.63. The zero-order valence-electron chi connectivity index (χ0n) is 16.3. The van der Waals surface area contributed by atoms with E-state index in [9.17, 15) is 4.79 Å². The second-order valence-electron chi connectivity index (χ2n) is 6.35. The van der Waals surface area contributed by atoms with E-state index in [1.165, 1.54) is 11.3 Å². The molecular formula is C21H22N2O5S. The minimum Gasteiger partial charge on any atom is -0.495 e. The lowest BCUT2D eigenvalue weighted by Gasteiger charge is -2.23. The second kappa shape index (κ2) is 8.67. The Hall–Kier alpha value is -2.84. The van der Waals surface area contributed by atoms with Crippen molar-refractivity contribution in [1.29, 1.82) is 0 Å². The minimum atomic E-state index is -0.780. The van der Waals surface area contributed by atoms with Gasteiger partial charge in [-0.3, -0.25) is 4.79 Å². The number of aromatic nitrogens is 1. The average molecular weight is 414 g/mol. The fourth-order valence-electron chi connectivity index (χ4n) is 3.16. The van der Waals surface area contributed by atoms with Crippen molar-refractivity contribution in [1.82, 2.24) is 4.57 Å². The first-order valence-electron chi connectivity index (χ1n) is 9.42. The van der Waals surface area contributed by atoms with Crippen LogP contribution in [-0.2, 0) is 16.1 Å². The summed E-state index contributed by atoms with van der Waals surface area (Å²) in [5, 5.41) is 0. The number of rotatable bonds is 6. The molecule has 152 valence electrons. The van der Waals surface area contributed by atoms with Crippen molar-refractivity contribution in [3.8, 4) is 17.2 Å². The molecular weight excluding hydrogens is 392 g/mol. The van der Waals surface area contributed by atoms with Gasteiger partial charge in [-0.15, -0.1) is 0 Å². The number of para-hydroxylation sites is 3. The lowest BCUT2D eigenvalue weighted by atomic mass is 10.2. The molecule has 0 aliphatic carbocycles. The molecule has 1 aromatic heterocycles. The molecule has 0 unspecified atom stereocenters. The molecule has 7 nitrogen and oxygen atoms in total. The topological polar surface area (TPSA) is 71.3 Å². The number of ether oxygens (including phenoxy) is 4. The van der Waals surface area contributed by atoms with Crippen LogP contribution in [0, 0.1) is 0 Å². The third kappa shape index (κ3) is 3.99. The van der Waals surface area contributed by atoms with Crippen molar-refractivity contribution in [2.75, 3.05) is 26.9 Å². The van der Waals surface area contributed by atoms with Crippen molar-refractivity contribution in [2.24, 2.45) is 4.99 Å². The molecule has 29 heavy (non-hydrogen) atoms. The number of amides is 1. The fourth-order valence-corrected chi connectivity index (χ4v) is 4.24. The Balaban J connectivity index is 1.69. The zero-order valence-corrected chi connectivity index (χ0v) is 17.1. The molecule has 0 spiro atoms. The second-order valence-corrected chi connectivity index (χ2v) is 7.36. The molecule has 3 aromatic rings. The number of nitrogens with zero attached hydrogens (tertiary/aromatic N) is 2. The van der Waals surface area contributed by atoms with Crippen LogP contribution in [0.4, 0.5) is 0 Å². The normalized spacial score (nSPS) is 16.2. The molecule has 0 fully saturated rings. The summed E-state index contributed by atoms with van der Waals surface area (Å²) in [4.78, 5) is 17.8. The van der Waals surface area contributed by atoms with Crippen LogP contribution in [0.1, 0.15) is 6.92 Å². The highest BCUT2D eigenvalue weighted by atomic mass is 32.1. The van der Waals surface area contributed by atoms with E-state index in [1.54, 1.807) is 13.2 Å². The standard InChI is InChI=1S/C21H22N2O5S/c1-3-26-12-11-23-19-16(25-2)9-6-10-18(19)29-21(23)22-20(24)17-13-27-14-7-4-5-8-15(14)28-17/h4-10,17H,3,11-13H2,1-2H3/t17-/m0/s1. The summed E-state index contributed by atoms with van der Waals surface area (Å²) >= 11 is 1.43. The number of fused-ring (bicyclic) bond motifs is 2. The number of benzene rings is 2. The first kappa shape index (κ1) is 19.5. The monoisotopic (exact) mass is 414 g/mol. The van der Waals surface area contributed by atoms with Gasteiger partial charge in [-0.1, -0.05) is 29.5 Å². The number of hydrogen-bond acceptors (Lipinski definition) is 6. The molecule has 1 atom stereocenters. The Labute approximate surface area is 172 Å². The van der Waals surface area contributed by atoms with Crippen LogP contribution >= 0.6 is 11.3 Å². The highest BCUT2D eigenvalue weighted by Crippen LogP contribution is 2.31. The molecule has 0 saturated carbocycles. The number of methoxy groups -OCH3 is 1. The third-order valence-corrected chi connectivity index (χ3v) is 5.58. The summed E-state index contributed by atoms with van der Waals surface area (Å²) in [6.07, 6.45) is -0.780. The highest BCUT2D eigenvalue weighted by Gasteiger charge is 2.27. The van der Waals surface area contributed by atoms with E-state index in [0.717, 1.165) is 16.0 Å². The Morgan fingerprint density at radius 2 is 2.07 bits per heavy atom. The van der Waals surface area contributed by atoms with Crippen molar-refractivity contribution < 1.29 is 23.7 Å². The van der Waals surface area contributed by atoms with E-state index in [2.05, 4.69) is 4.99 Å². The predicted octanol–water partition coefficient (Wildman–Crippen LogP) is 3.02. The average Bonchev–Trinajstić information content (AvgIpc) is 3.10. The van der Waals surface area contributed by atoms with Crippen LogP contribution in [0.15, 0.2) is 47.5 Å². The SMILES string of the molecule is CCOCCn1c(=NC(=O)[C@@H]2COc3ccccc3O2)sc2cccc(OC)c21. The van der Waals surface area contributed by atoms with Gasteiger partial charge in [-0.2, -0.15) is 4.99 Å². The Morgan fingerprint density at radius 3 is 2.86 bits per heavy atom. The van der Waals surface area contributed by atoms with E-state index >= 15 is 0 Å². The van der Waals surface area contributed by atoms with Gasteiger partial charge in [0.15, 0.2) is 16.3 Å². The fraction of sp³-hybridized carbons (Fsp3) is 0.333. The van der Waals surface area contributed by atoms with E-state index in [-0.39, 0.29) is 12.5 Å². The number of carbonyl (C=O) groups is 1. The minimum absolute atomic E-state index is 0.131. The lowest BCUT2D eigenvalue weighted by Crippen LogP contribution is -2.37. The Bertz CT molecular complexity index is 1090. The highest BCUT2D eigenvalue weighted by molar-refractivity contribution is 7.16. The molecule has 1 amide bonds. The quantitative estimate of drug-likeness (QED) is 0.580. The van der Waals surface area contributed by atoms with Gasteiger partial charge in [0.05, 0.1) is 18.4 Å². The van der Waals surface area contributed by atoms with Crippen molar-refractivity contribution >= 4 is 27.5 Å². The van der Waals surface area contributed by atoms with Gasteiger partial charge in [-0.05, 0) is 31.2 Å². The van der Waals surface area contributed by atoms with Crippen LogP contribution < -0.4 is 19.0 Å². The molecule has 2 aromatic carbocycles. The summed E-state index contributed by atoms with van der Waals surface area (Å²) in [6, 6.07) is 13.1. The van der Waals surface area contributed by atoms with Gasteiger partial charge < -0.3 is 23.5 Å². The maximum atomic E-state index is 12.8. The van der Waals surface area contributed by atoms with Gasteiger partial charge in [0.2, 0.25) is 6.10 Å². The lowest BCUT2D eigenvalue weighted by molar-refractivity contribution is -0.127. The maximum Gasteiger partial charge on any atom is 0.292 e. The first-order valence-corrected chi connectivity index (χ1v) is 10.2. The molecule has 2 heterocycles. The van der Waals surface area contributed by atoms with E-state index in [1.807, 2.05) is 47.9 Å². The van der Waals surface area contributed by atoms with E-state index < -0.39 is 6.10 Å². The van der Waals surface area contributed by atoms with Gasteiger partial charge in [0.1, 0.15) is 17.9 Å². The first-order chi connectivity index (χ1) is 14.2. The smallest absolute Gasteiger partial charge is 0.292 e. The molecule has 0 saturated heterocycles. The number of hydrogen-bond donors (Lipinski definition) is 0. The summed E-state index contributed by atoms with van der Waals surface area (Å²) < 4.78 is 25.4. The van der Waals surface area contributed by atoms with Crippen LogP contribution in [0.3, 0.4) is 0 Å². The third-order valence-electron chi connectivity index (χ3n) is 4.54. The van der Waals surface area contributed by atoms with Crippen LogP contribution in [0.25, 0.3) is 10.2 Å². The van der Waals surface area contributed by atoms with E-state index in [4.69, 9.17) is 18.9 Å². The molecule has 0 N–H and O–H groups in total. The Kier molecular flexibility index (Phi) is 5.82. The van der Waals surface area contributed by atoms with Gasteiger partial charge >= 0.3 is 0 Å².